The number of nitrogens with zero attached hydrogens (tertiary/aromatic N) is 2. The van der Waals surface area contributed by atoms with Gasteiger partial charge in [0.05, 0.1) is 20.3 Å². The van der Waals surface area contributed by atoms with E-state index in [2.05, 4.69) is 0 Å². The Morgan fingerprint density at radius 3 is 2.67 bits per heavy atom. The van der Waals surface area contributed by atoms with E-state index in [1.807, 2.05) is 0 Å². The molecule has 1 unspecified atom stereocenters. The van der Waals surface area contributed by atoms with E-state index in [1.54, 1.807) is 41.2 Å². The van der Waals surface area contributed by atoms with Crippen LogP contribution in [0, 0.1) is 0 Å². The van der Waals surface area contributed by atoms with E-state index in [4.69, 9.17) is 9.47 Å². The van der Waals surface area contributed by atoms with Crippen molar-refractivity contribution in [3.8, 4) is 5.75 Å². The monoisotopic (exact) mass is 374 g/mol. The van der Waals surface area contributed by atoms with E-state index < -0.39 is 6.04 Å². The number of morpholine rings is 1. The number of ether oxygens (including phenoxy) is 2. The lowest BCUT2D eigenvalue weighted by molar-refractivity contribution is -0.146. The molecule has 2 aliphatic heterocycles. The maximum atomic E-state index is 12.7. The summed E-state index contributed by atoms with van der Waals surface area (Å²) in [5.74, 6) is 0.388. The lowest BCUT2D eigenvalue weighted by atomic mass is 10.1. The van der Waals surface area contributed by atoms with Crippen molar-refractivity contribution >= 4 is 17.6 Å². The van der Waals surface area contributed by atoms with Gasteiger partial charge in [-0.05, 0) is 25.0 Å². The molecule has 0 radical (unpaired) electrons. The molecule has 0 spiro atoms. The highest BCUT2D eigenvalue weighted by Crippen LogP contribution is 2.22. The molecule has 0 N–H and O–H groups in total. The molecular weight excluding hydrogens is 348 g/mol. The molecule has 2 amide bonds. The zero-order valence-corrected chi connectivity index (χ0v) is 15.7. The Kier molecular flexibility index (Phi) is 6.45. The van der Waals surface area contributed by atoms with Gasteiger partial charge in [-0.2, -0.15) is 0 Å². The van der Waals surface area contributed by atoms with Gasteiger partial charge in [-0.3, -0.25) is 14.4 Å². The number of likely N-dealkylation sites (tertiary alicyclic amines) is 1. The predicted octanol–water partition coefficient (Wildman–Crippen LogP) is 1.51. The number of rotatable bonds is 6. The number of benzene rings is 1. The Morgan fingerprint density at radius 1 is 1.15 bits per heavy atom. The second kappa shape index (κ2) is 8.99. The smallest absolute Gasteiger partial charge is 0.245 e. The molecule has 1 aromatic rings. The van der Waals surface area contributed by atoms with Crippen LogP contribution in [-0.4, -0.2) is 73.4 Å². The molecule has 0 aromatic heterocycles. The van der Waals surface area contributed by atoms with Crippen LogP contribution in [-0.2, 0) is 14.3 Å². The van der Waals surface area contributed by atoms with Crippen LogP contribution >= 0.6 is 0 Å². The Labute approximate surface area is 159 Å². The maximum absolute atomic E-state index is 12.7. The average Bonchev–Trinajstić information content (AvgIpc) is 3.21. The second-order valence-corrected chi connectivity index (χ2v) is 6.84. The zero-order valence-electron chi connectivity index (χ0n) is 15.7. The highest BCUT2D eigenvalue weighted by molar-refractivity contribution is 5.98. The normalized spacial score (nSPS) is 19.8. The summed E-state index contributed by atoms with van der Waals surface area (Å²) >= 11 is 0. The fraction of sp³-hybridized carbons (Fsp3) is 0.550. The summed E-state index contributed by atoms with van der Waals surface area (Å²) in [5, 5.41) is 0. The van der Waals surface area contributed by atoms with Crippen molar-refractivity contribution in [3.05, 3.63) is 29.8 Å². The van der Waals surface area contributed by atoms with Gasteiger partial charge in [0.15, 0.2) is 5.78 Å². The van der Waals surface area contributed by atoms with Gasteiger partial charge >= 0.3 is 0 Å². The lowest BCUT2D eigenvalue weighted by Gasteiger charge is -2.32. The van der Waals surface area contributed by atoms with Gasteiger partial charge in [-0.15, -0.1) is 0 Å². The molecular formula is C20H26N2O5. The quantitative estimate of drug-likeness (QED) is 0.706. The Hall–Kier alpha value is -2.41. The van der Waals surface area contributed by atoms with Crippen molar-refractivity contribution in [2.45, 2.75) is 31.7 Å². The first-order valence-electron chi connectivity index (χ1n) is 9.43. The molecule has 1 atom stereocenters. The lowest BCUT2D eigenvalue weighted by Crippen LogP contribution is -2.51. The molecule has 146 valence electrons. The molecule has 2 fully saturated rings. The van der Waals surface area contributed by atoms with Crippen molar-refractivity contribution in [2.75, 3.05) is 40.0 Å². The molecule has 2 heterocycles. The number of hydrogen-bond acceptors (Lipinski definition) is 5. The third-order valence-electron chi connectivity index (χ3n) is 5.14. The molecule has 27 heavy (non-hydrogen) atoms. The number of Topliss-reactive ketones (excluding diaryl/α,β-unsaturated/α-hetero) is 1. The fourth-order valence-electron chi connectivity index (χ4n) is 3.62. The number of carbonyl (C=O) groups excluding carboxylic acids is 3. The zero-order chi connectivity index (χ0) is 19.2. The predicted molar refractivity (Wildman–Crippen MR) is 98.7 cm³/mol. The van der Waals surface area contributed by atoms with Gasteiger partial charge in [0, 0.05) is 38.0 Å². The van der Waals surface area contributed by atoms with Crippen molar-refractivity contribution in [3.63, 3.8) is 0 Å². The first-order valence-corrected chi connectivity index (χ1v) is 9.43. The van der Waals surface area contributed by atoms with Crippen molar-refractivity contribution in [1.29, 1.82) is 0 Å². The van der Waals surface area contributed by atoms with Crippen LogP contribution in [0.4, 0.5) is 0 Å². The van der Waals surface area contributed by atoms with E-state index in [9.17, 15) is 14.4 Å². The number of carbonyl (C=O) groups is 3. The number of amides is 2. The molecule has 3 rings (SSSR count). The molecule has 7 nitrogen and oxygen atoms in total. The van der Waals surface area contributed by atoms with Crippen LogP contribution in [0.3, 0.4) is 0 Å². The third kappa shape index (κ3) is 4.66. The summed E-state index contributed by atoms with van der Waals surface area (Å²) in [5.41, 5.74) is 0.532. The average molecular weight is 374 g/mol. The van der Waals surface area contributed by atoms with E-state index in [-0.39, 0.29) is 30.4 Å². The first-order chi connectivity index (χ1) is 13.1. The van der Waals surface area contributed by atoms with Gasteiger partial charge < -0.3 is 19.3 Å². The number of hydrogen-bond donors (Lipinski definition) is 0. The minimum Gasteiger partial charge on any atom is -0.497 e. The van der Waals surface area contributed by atoms with Gasteiger partial charge in [0.25, 0.3) is 0 Å². The number of methoxy groups -OCH3 is 1. The van der Waals surface area contributed by atoms with E-state index in [0.717, 1.165) is 6.42 Å². The molecule has 1 aromatic carbocycles. The second-order valence-electron chi connectivity index (χ2n) is 6.84. The van der Waals surface area contributed by atoms with Gasteiger partial charge in [-0.25, -0.2) is 0 Å². The fourth-order valence-corrected chi connectivity index (χ4v) is 3.62. The van der Waals surface area contributed by atoms with Crippen LogP contribution in [0.1, 0.15) is 36.0 Å². The molecule has 0 bridgehead atoms. The first kappa shape index (κ1) is 19.4. The Bertz CT molecular complexity index is 699. The molecule has 0 saturated carbocycles. The van der Waals surface area contributed by atoms with Crippen molar-refractivity contribution in [1.82, 2.24) is 9.80 Å². The summed E-state index contributed by atoms with van der Waals surface area (Å²) < 4.78 is 10.4. The van der Waals surface area contributed by atoms with Crippen molar-refractivity contribution < 1.29 is 23.9 Å². The molecule has 0 aliphatic carbocycles. The summed E-state index contributed by atoms with van der Waals surface area (Å²) in [6, 6.07) is 6.52. The molecule has 2 saturated heterocycles. The summed E-state index contributed by atoms with van der Waals surface area (Å²) in [4.78, 5) is 41.2. The maximum Gasteiger partial charge on any atom is 0.245 e. The van der Waals surface area contributed by atoms with E-state index >= 15 is 0 Å². The molecule has 7 heteroatoms. The van der Waals surface area contributed by atoms with Gasteiger partial charge in [-0.1, -0.05) is 12.1 Å². The van der Waals surface area contributed by atoms with Crippen LogP contribution < -0.4 is 4.74 Å². The van der Waals surface area contributed by atoms with Gasteiger partial charge in [0.2, 0.25) is 11.8 Å². The summed E-state index contributed by atoms with van der Waals surface area (Å²) in [6.45, 7) is 2.81. The Balaban J connectivity index is 1.56. The highest BCUT2D eigenvalue weighted by atomic mass is 16.5. The van der Waals surface area contributed by atoms with E-state index in [0.29, 0.717) is 50.6 Å². The SMILES string of the molecule is COc1cccc(C(=O)CCC(=O)N2CCCC2C(=O)N2CCOCC2)c1. The van der Waals surface area contributed by atoms with Crippen LogP contribution in [0.25, 0.3) is 0 Å². The van der Waals surface area contributed by atoms with Crippen molar-refractivity contribution in [2.24, 2.45) is 0 Å². The minimum atomic E-state index is -0.400. The van der Waals surface area contributed by atoms with Gasteiger partial charge in [0.1, 0.15) is 11.8 Å². The van der Waals surface area contributed by atoms with Crippen LogP contribution in [0.2, 0.25) is 0 Å². The van der Waals surface area contributed by atoms with Crippen LogP contribution in [0.15, 0.2) is 24.3 Å². The highest BCUT2D eigenvalue weighted by Gasteiger charge is 2.36. The van der Waals surface area contributed by atoms with E-state index in [1.165, 1.54) is 0 Å². The van der Waals surface area contributed by atoms with Crippen LogP contribution in [0.5, 0.6) is 5.75 Å². The topological polar surface area (TPSA) is 76.2 Å². The largest absolute Gasteiger partial charge is 0.497 e. The summed E-state index contributed by atoms with van der Waals surface area (Å²) in [7, 11) is 1.55. The Morgan fingerprint density at radius 2 is 1.93 bits per heavy atom. The third-order valence-corrected chi connectivity index (χ3v) is 5.14. The molecule has 2 aliphatic rings. The standard InChI is InChI=1S/C20H26N2O5/c1-26-16-5-2-4-15(14-16)18(23)7-8-19(24)22-9-3-6-17(22)20(25)21-10-12-27-13-11-21/h2,4-5,14,17H,3,6-13H2,1H3. The number of ketones is 1. The summed E-state index contributed by atoms with van der Waals surface area (Å²) in [6.07, 6.45) is 1.74. The minimum absolute atomic E-state index is 0.00303.